The lowest BCUT2D eigenvalue weighted by Gasteiger charge is -2.23. The summed E-state index contributed by atoms with van der Waals surface area (Å²) >= 11 is 0. The van der Waals surface area contributed by atoms with Crippen molar-refractivity contribution in [1.82, 2.24) is 4.98 Å². The van der Waals surface area contributed by atoms with Gasteiger partial charge in [-0.15, -0.1) is 0 Å². The van der Waals surface area contributed by atoms with E-state index < -0.39 is 0 Å². The van der Waals surface area contributed by atoms with E-state index in [2.05, 4.69) is 23.7 Å². The second kappa shape index (κ2) is 4.70. The van der Waals surface area contributed by atoms with Crippen molar-refractivity contribution in [3.8, 4) is 0 Å². The number of nitrogens with zero attached hydrogens (tertiary/aromatic N) is 2. The highest BCUT2D eigenvalue weighted by Crippen LogP contribution is 2.20. The van der Waals surface area contributed by atoms with Gasteiger partial charge in [-0.25, -0.2) is 0 Å². The fourth-order valence-corrected chi connectivity index (χ4v) is 1.41. The highest BCUT2D eigenvalue weighted by Gasteiger charge is 2.05. The van der Waals surface area contributed by atoms with Crippen LogP contribution in [-0.4, -0.2) is 18.1 Å². The van der Waals surface area contributed by atoms with Crippen LogP contribution in [0.25, 0.3) is 0 Å². The van der Waals surface area contributed by atoms with Gasteiger partial charge >= 0.3 is 0 Å². The van der Waals surface area contributed by atoms with E-state index >= 15 is 0 Å². The molecule has 1 aromatic heterocycles. The molecule has 0 aliphatic carbocycles. The average Bonchev–Trinajstić information content (AvgIpc) is 2.16. The molecule has 0 saturated heterocycles. The second-order valence-corrected chi connectivity index (χ2v) is 3.01. The third kappa shape index (κ3) is 2.34. The number of rotatable bonds is 4. The van der Waals surface area contributed by atoms with E-state index in [1.54, 1.807) is 12.4 Å². The number of anilines is 2. The second-order valence-electron chi connectivity index (χ2n) is 3.01. The van der Waals surface area contributed by atoms with E-state index in [9.17, 15) is 0 Å². The van der Waals surface area contributed by atoms with Crippen molar-refractivity contribution in [2.24, 2.45) is 0 Å². The SMILES string of the molecule is CCCN(CC)c1ccncc1N. The molecule has 0 aliphatic rings. The maximum absolute atomic E-state index is 5.82. The van der Waals surface area contributed by atoms with Crippen molar-refractivity contribution in [1.29, 1.82) is 0 Å². The summed E-state index contributed by atoms with van der Waals surface area (Å²) in [6.45, 7) is 6.34. The Bertz CT molecular complexity index is 260. The molecule has 0 spiro atoms. The molecular weight excluding hydrogens is 162 g/mol. The zero-order valence-corrected chi connectivity index (χ0v) is 8.33. The topological polar surface area (TPSA) is 42.2 Å². The normalized spacial score (nSPS) is 10.0. The zero-order chi connectivity index (χ0) is 9.68. The van der Waals surface area contributed by atoms with Gasteiger partial charge in [-0.2, -0.15) is 0 Å². The molecule has 0 amide bonds. The number of hydrogen-bond donors (Lipinski definition) is 1. The van der Waals surface area contributed by atoms with Crippen molar-refractivity contribution in [2.75, 3.05) is 23.7 Å². The third-order valence-electron chi connectivity index (χ3n) is 2.04. The molecule has 0 saturated carbocycles. The molecule has 0 unspecified atom stereocenters. The lowest BCUT2D eigenvalue weighted by atomic mass is 10.3. The molecule has 1 rings (SSSR count). The number of nitrogen functional groups attached to an aromatic ring is 1. The third-order valence-corrected chi connectivity index (χ3v) is 2.04. The first kappa shape index (κ1) is 9.84. The molecule has 13 heavy (non-hydrogen) atoms. The Morgan fingerprint density at radius 1 is 1.46 bits per heavy atom. The maximum Gasteiger partial charge on any atom is 0.0738 e. The fourth-order valence-electron chi connectivity index (χ4n) is 1.41. The predicted molar refractivity (Wildman–Crippen MR) is 56.8 cm³/mol. The summed E-state index contributed by atoms with van der Waals surface area (Å²) in [4.78, 5) is 6.23. The molecule has 0 aliphatic heterocycles. The van der Waals surface area contributed by atoms with Crippen LogP contribution in [0.4, 0.5) is 11.4 Å². The van der Waals surface area contributed by atoms with Crippen LogP contribution in [0, 0.1) is 0 Å². The molecule has 0 aromatic carbocycles. The summed E-state index contributed by atoms with van der Waals surface area (Å²) in [7, 11) is 0. The minimum Gasteiger partial charge on any atom is -0.396 e. The van der Waals surface area contributed by atoms with Crippen LogP contribution in [0.3, 0.4) is 0 Å². The summed E-state index contributed by atoms with van der Waals surface area (Å²) in [5.41, 5.74) is 7.68. The monoisotopic (exact) mass is 179 g/mol. The van der Waals surface area contributed by atoms with Crippen molar-refractivity contribution < 1.29 is 0 Å². The first-order chi connectivity index (χ1) is 6.29. The van der Waals surface area contributed by atoms with E-state index in [0.29, 0.717) is 0 Å². The van der Waals surface area contributed by atoms with Gasteiger partial charge in [0.2, 0.25) is 0 Å². The van der Waals surface area contributed by atoms with Crippen molar-refractivity contribution in [3.63, 3.8) is 0 Å². The minimum absolute atomic E-state index is 0.762. The molecule has 0 radical (unpaired) electrons. The number of aromatic nitrogens is 1. The Kier molecular flexibility index (Phi) is 3.55. The van der Waals surface area contributed by atoms with Gasteiger partial charge in [0.15, 0.2) is 0 Å². The predicted octanol–water partition coefficient (Wildman–Crippen LogP) is 1.90. The van der Waals surface area contributed by atoms with E-state index in [4.69, 9.17) is 5.73 Å². The van der Waals surface area contributed by atoms with Gasteiger partial charge < -0.3 is 10.6 Å². The molecule has 0 bridgehead atoms. The van der Waals surface area contributed by atoms with Crippen molar-refractivity contribution in [2.45, 2.75) is 20.3 Å². The van der Waals surface area contributed by atoms with Gasteiger partial charge in [0.05, 0.1) is 17.6 Å². The first-order valence-corrected chi connectivity index (χ1v) is 4.74. The van der Waals surface area contributed by atoms with Gasteiger partial charge in [-0.1, -0.05) is 6.92 Å². The smallest absolute Gasteiger partial charge is 0.0738 e. The standard InChI is InChI=1S/C10H17N3/c1-3-7-13(4-2)10-5-6-12-8-9(10)11/h5-6,8H,3-4,7,11H2,1-2H3. The van der Waals surface area contributed by atoms with Crippen LogP contribution in [0.2, 0.25) is 0 Å². The van der Waals surface area contributed by atoms with E-state index in [-0.39, 0.29) is 0 Å². The quantitative estimate of drug-likeness (QED) is 0.767. The van der Waals surface area contributed by atoms with Crippen LogP contribution < -0.4 is 10.6 Å². The molecule has 1 aromatic rings. The molecule has 0 fully saturated rings. The molecule has 3 nitrogen and oxygen atoms in total. The first-order valence-electron chi connectivity index (χ1n) is 4.74. The van der Waals surface area contributed by atoms with Gasteiger partial charge in [0.1, 0.15) is 0 Å². The van der Waals surface area contributed by atoms with Crippen LogP contribution in [-0.2, 0) is 0 Å². The molecule has 1 heterocycles. The summed E-state index contributed by atoms with van der Waals surface area (Å²) in [5.74, 6) is 0. The fraction of sp³-hybridized carbons (Fsp3) is 0.500. The van der Waals surface area contributed by atoms with Gasteiger partial charge in [0.25, 0.3) is 0 Å². The molecule has 2 N–H and O–H groups in total. The number of nitrogens with two attached hydrogens (primary N) is 1. The van der Waals surface area contributed by atoms with E-state index in [0.717, 1.165) is 30.9 Å². The van der Waals surface area contributed by atoms with Gasteiger partial charge in [-0.3, -0.25) is 4.98 Å². The molecular formula is C10H17N3. The Balaban J connectivity index is 2.84. The van der Waals surface area contributed by atoms with Crippen LogP contribution in [0.1, 0.15) is 20.3 Å². The number of hydrogen-bond acceptors (Lipinski definition) is 3. The van der Waals surface area contributed by atoms with Crippen LogP contribution in [0.5, 0.6) is 0 Å². The van der Waals surface area contributed by atoms with Crippen LogP contribution in [0.15, 0.2) is 18.5 Å². The van der Waals surface area contributed by atoms with E-state index in [1.807, 2.05) is 6.07 Å². The Morgan fingerprint density at radius 2 is 2.23 bits per heavy atom. The van der Waals surface area contributed by atoms with Crippen LogP contribution >= 0.6 is 0 Å². The highest BCUT2D eigenvalue weighted by molar-refractivity contribution is 5.65. The summed E-state index contributed by atoms with van der Waals surface area (Å²) in [5, 5.41) is 0. The molecule has 3 heteroatoms. The summed E-state index contributed by atoms with van der Waals surface area (Å²) < 4.78 is 0. The largest absolute Gasteiger partial charge is 0.396 e. The molecule has 72 valence electrons. The zero-order valence-electron chi connectivity index (χ0n) is 8.33. The van der Waals surface area contributed by atoms with Gasteiger partial charge in [-0.05, 0) is 19.4 Å². The maximum atomic E-state index is 5.82. The average molecular weight is 179 g/mol. The van der Waals surface area contributed by atoms with E-state index in [1.165, 1.54) is 0 Å². The van der Waals surface area contributed by atoms with Gasteiger partial charge in [0, 0.05) is 19.3 Å². The molecule has 0 atom stereocenters. The Labute approximate surface area is 79.6 Å². The lowest BCUT2D eigenvalue weighted by Crippen LogP contribution is -2.24. The minimum atomic E-state index is 0.762. The Morgan fingerprint density at radius 3 is 2.77 bits per heavy atom. The number of pyridine rings is 1. The summed E-state index contributed by atoms with van der Waals surface area (Å²) in [6.07, 6.45) is 4.62. The highest BCUT2D eigenvalue weighted by atomic mass is 15.1. The van der Waals surface area contributed by atoms with Crippen molar-refractivity contribution in [3.05, 3.63) is 18.5 Å². The lowest BCUT2D eigenvalue weighted by molar-refractivity contribution is 0.792. The summed E-state index contributed by atoms with van der Waals surface area (Å²) in [6, 6.07) is 1.97. The Hall–Kier alpha value is -1.25. The van der Waals surface area contributed by atoms with Crippen molar-refractivity contribution >= 4 is 11.4 Å².